The van der Waals surface area contributed by atoms with Crippen LogP contribution in [0, 0.1) is 0 Å². The number of hydrazine groups is 1. The summed E-state index contributed by atoms with van der Waals surface area (Å²) in [5.74, 6) is 1.69. The zero-order chi connectivity index (χ0) is 20.9. The first-order valence-electron chi connectivity index (χ1n) is 10.5. The summed E-state index contributed by atoms with van der Waals surface area (Å²) in [6.45, 7) is 2.42. The van der Waals surface area contributed by atoms with E-state index in [4.69, 9.17) is 9.47 Å². The predicted octanol–water partition coefficient (Wildman–Crippen LogP) is 3.62. The second kappa shape index (κ2) is 9.22. The Hall–Kier alpha value is -2.99. The molecule has 1 saturated heterocycles. The van der Waals surface area contributed by atoms with Crippen molar-refractivity contribution in [1.82, 2.24) is 15.3 Å². The van der Waals surface area contributed by atoms with Crippen molar-refractivity contribution in [3.05, 3.63) is 65.7 Å². The van der Waals surface area contributed by atoms with Crippen LogP contribution in [0.15, 0.2) is 54.6 Å². The van der Waals surface area contributed by atoms with Crippen molar-refractivity contribution in [2.24, 2.45) is 0 Å². The van der Waals surface area contributed by atoms with E-state index >= 15 is 0 Å². The van der Waals surface area contributed by atoms with Crippen LogP contribution in [0.2, 0.25) is 0 Å². The number of nitrogens with zero attached hydrogens (tertiary/aromatic N) is 2. The highest BCUT2D eigenvalue weighted by atomic mass is 16.5. The van der Waals surface area contributed by atoms with Crippen LogP contribution in [0.3, 0.4) is 0 Å². The molecule has 2 aliphatic heterocycles. The molecule has 2 aromatic carbocycles. The fourth-order valence-corrected chi connectivity index (χ4v) is 4.05. The highest BCUT2D eigenvalue weighted by molar-refractivity contribution is 5.82. The molecule has 2 aliphatic rings. The minimum atomic E-state index is -0.176. The average molecular weight is 408 g/mol. The Balaban J connectivity index is 1.58. The minimum absolute atomic E-state index is 0.0810. The Labute approximate surface area is 178 Å². The van der Waals surface area contributed by atoms with Crippen LogP contribution in [0.1, 0.15) is 36.4 Å². The highest BCUT2D eigenvalue weighted by Gasteiger charge is 2.31. The van der Waals surface area contributed by atoms with Gasteiger partial charge >= 0.3 is 0 Å². The molecule has 0 aliphatic carbocycles. The van der Waals surface area contributed by atoms with Gasteiger partial charge < -0.3 is 9.47 Å². The lowest BCUT2D eigenvalue weighted by atomic mass is 10.0. The third kappa shape index (κ3) is 4.44. The van der Waals surface area contributed by atoms with Crippen LogP contribution < -0.4 is 14.9 Å². The molecule has 1 fully saturated rings. The molecule has 1 N–H and O–H groups in total. The van der Waals surface area contributed by atoms with E-state index in [-0.39, 0.29) is 11.9 Å². The molecule has 0 bridgehead atoms. The van der Waals surface area contributed by atoms with Crippen LogP contribution in [0.5, 0.6) is 11.5 Å². The molecule has 30 heavy (non-hydrogen) atoms. The third-order valence-electron chi connectivity index (χ3n) is 5.78. The number of carbonyl (C=O) groups excluding carboxylic acids is 1. The number of rotatable bonds is 6. The molecule has 0 unspecified atom stereocenters. The molecule has 1 atom stereocenters. The lowest BCUT2D eigenvalue weighted by Crippen LogP contribution is -2.46. The topological polar surface area (TPSA) is 54.0 Å². The quantitative estimate of drug-likeness (QED) is 0.793. The van der Waals surface area contributed by atoms with E-state index in [1.807, 2.05) is 48.5 Å². The summed E-state index contributed by atoms with van der Waals surface area (Å²) in [5, 5.41) is 1.76. The van der Waals surface area contributed by atoms with E-state index in [1.165, 1.54) is 6.42 Å². The molecule has 2 aromatic rings. The number of hydrogen-bond donors (Lipinski definition) is 1. The number of benzene rings is 2. The summed E-state index contributed by atoms with van der Waals surface area (Å²) in [5.41, 5.74) is 6.34. The number of amides is 1. The van der Waals surface area contributed by atoms with Crippen molar-refractivity contribution in [3.63, 3.8) is 0 Å². The van der Waals surface area contributed by atoms with Gasteiger partial charge in [0.2, 0.25) is 0 Å². The Bertz CT molecular complexity index is 887. The maximum atomic E-state index is 13.2. The van der Waals surface area contributed by atoms with Gasteiger partial charge in [-0.2, -0.15) is 0 Å². The molecular formula is C24H29N3O3. The fourth-order valence-electron chi connectivity index (χ4n) is 4.05. The Morgan fingerprint density at radius 2 is 1.53 bits per heavy atom. The van der Waals surface area contributed by atoms with Gasteiger partial charge in [0.1, 0.15) is 11.5 Å². The summed E-state index contributed by atoms with van der Waals surface area (Å²) >= 11 is 0. The van der Waals surface area contributed by atoms with E-state index in [0.29, 0.717) is 6.54 Å². The van der Waals surface area contributed by atoms with Gasteiger partial charge in [-0.25, -0.2) is 5.01 Å². The number of likely N-dealkylation sites (tertiary alicyclic amines) is 1. The normalized spacial score (nSPS) is 19.2. The highest BCUT2D eigenvalue weighted by Crippen LogP contribution is 2.33. The Morgan fingerprint density at radius 3 is 2.13 bits per heavy atom. The van der Waals surface area contributed by atoms with E-state index in [1.54, 1.807) is 19.2 Å². The van der Waals surface area contributed by atoms with Gasteiger partial charge in [0.25, 0.3) is 5.91 Å². The molecule has 0 saturated carbocycles. The van der Waals surface area contributed by atoms with Gasteiger partial charge in [-0.05, 0) is 79.5 Å². The predicted molar refractivity (Wildman–Crippen MR) is 117 cm³/mol. The van der Waals surface area contributed by atoms with Crippen molar-refractivity contribution in [3.8, 4) is 11.5 Å². The van der Waals surface area contributed by atoms with Crippen molar-refractivity contribution in [2.45, 2.75) is 25.3 Å². The number of hydrogen-bond acceptors (Lipinski definition) is 5. The van der Waals surface area contributed by atoms with Gasteiger partial charge in [-0.1, -0.05) is 18.6 Å². The minimum Gasteiger partial charge on any atom is -0.497 e. The lowest BCUT2D eigenvalue weighted by Gasteiger charge is -2.31. The SMILES string of the molecule is COc1ccc(C2=C[C@@H](c3ccc(OC)cc3)N(C(=O)CN3CCCCC3)N2)cc1. The second-order valence-corrected chi connectivity index (χ2v) is 7.74. The van der Waals surface area contributed by atoms with Gasteiger partial charge in [-0.15, -0.1) is 0 Å². The van der Waals surface area contributed by atoms with E-state index in [2.05, 4.69) is 16.4 Å². The molecule has 0 radical (unpaired) electrons. The molecule has 0 spiro atoms. The van der Waals surface area contributed by atoms with Gasteiger partial charge in [0.15, 0.2) is 0 Å². The largest absolute Gasteiger partial charge is 0.497 e. The number of nitrogens with one attached hydrogen (secondary N) is 1. The molecule has 158 valence electrons. The fraction of sp³-hybridized carbons (Fsp3) is 0.375. The Morgan fingerprint density at radius 1 is 0.933 bits per heavy atom. The molecule has 6 nitrogen and oxygen atoms in total. The molecule has 2 heterocycles. The van der Waals surface area contributed by atoms with Crippen LogP contribution in [-0.2, 0) is 4.79 Å². The summed E-state index contributed by atoms with van der Waals surface area (Å²) in [4.78, 5) is 15.5. The maximum absolute atomic E-state index is 13.2. The molecular weight excluding hydrogens is 378 g/mol. The summed E-state index contributed by atoms with van der Waals surface area (Å²) < 4.78 is 10.6. The summed E-state index contributed by atoms with van der Waals surface area (Å²) in [6.07, 6.45) is 5.69. The number of carbonyl (C=O) groups is 1. The van der Waals surface area contributed by atoms with Crippen LogP contribution in [0.4, 0.5) is 0 Å². The average Bonchev–Trinajstić information content (AvgIpc) is 3.25. The van der Waals surface area contributed by atoms with Crippen molar-refractivity contribution in [1.29, 1.82) is 0 Å². The maximum Gasteiger partial charge on any atom is 0.255 e. The monoisotopic (exact) mass is 407 g/mol. The number of piperidine rings is 1. The lowest BCUT2D eigenvalue weighted by molar-refractivity contribution is -0.135. The molecule has 4 rings (SSSR count). The molecule has 0 aromatic heterocycles. The van der Waals surface area contributed by atoms with E-state index < -0.39 is 0 Å². The number of ether oxygens (including phenoxy) is 2. The molecule has 6 heteroatoms. The second-order valence-electron chi connectivity index (χ2n) is 7.74. The van der Waals surface area contributed by atoms with Crippen LogP contribution in [0.25, 0.3) is 5.70 Å². The van der Waals surface area contributed by atoms with Gasteiger partial charge in [-0.3, -0.25) is 15.1 Å². The first-order chi connectivity index (χ1) is 14.7. The molecule has 1 amide bonds. The summed E-state index contributed by atoms with van der Waals surface area (Å²) in [7, 11) is 3.31. The van der Waals surface area contributed by atoms with Gasteiger partial charge in [0.05, 0.1) is 32.5 Å². The Kier molecular flexibility index (Phi) is 6.23. The van der Waals surface area contributed by atoms with Crippen molar-refractivity contribution < 1.29 is 14.3 Å². The zero-order valence-corrected chi connectivity index (χ0v) is 17.6. The zero-order valence-electron chi connectivity index (χ0n) is 17.6. The third-order valence-corrected chi connectivity index (χ3v) is 5.78. The van der Waals surface area contributed by atoms with E-state index in [9.17, 15) is 4.79 Å². The van der Waals surface area contributed by atoms with E-state index in [0.717, 1.165) is 54.3 Å². The van der Waals surface area contributed by atoms with Crippen molar-refractivity contribution in [2.75, 3.05) is 33.9 Å². The smallest absolute Gasteiger partial charge is 0.255 e. The van der Waals surface area contributed by atoms with Gasteiger partial charge in [0, 0.05) is 0 Å². The number of methoxy groups -OCH3 is 2. The standard InChI is InChI=1S/C24H29N3O3/c1-29-20-10-6-18(7-11-20)22-16-23(19-8-12-21(30-2)13-9-19)27(25-22)24(28)17-26-14-4-3-5-15-26/h6-13,16,23,25H,3-5,14-15,17H2,1-2H3/t23-/m0/s1. The summed E-state index contributed by atoms with van der Waals surface area (Å²) in [6, 6.07) is 15.6. The van der Waals surface area contributed by atoms with Crippen molar-refractivity contribution >= 4 is 11.6 Å². The van der Waals surface area contributed by atoms with Crippen LogP contribution >= 0.6 is 0 Å². The first-order valence-corrected chi connectivity index (χ1v) is 10.5. The van der Waals surface area contributed by atoms with Crippen LogP contribution in [-0.4, -0.2) is 49.7 Å². The first kappa shape index (κ1) is 20.3.